The maximum Gasteiger partial charge on any atom is 0.124 e. The molecule has 2 bridgehead atoms. The third-order valence-corrected chi connectivity index (χ3v) is 9.74. The van der Waals surface area contributed by atoms with Crippen LogP contribution >= 0.6 is 0 Å². The number of nitrogens with one attached hydrogen (secondary N) is 4. The van der Waals surface area contributed by atoms with Gasteiger partial charge in [0.25, 0.3) is 0 Å². The predicted octanol–water partition coefficient (Wildman–Crippen LogP) is 6.54. The lowest BCUT2D eigenvalue weighted by atomic mass is 9.85. The zero-order chi connectivity index (χ0) is 25.1. The summed E-state index contributed by atoms with van der Waals surface area (Å²) in [7, 11) is 0. The van der Waals surface area contributed by atoms with Gasteiger partial charge in [0.1, 0.15) is 11.6 Å². The van der Waals surface area contributed by atoms with Crippen molar-refractivity contribution in [2.45, 2.75) is 75.5 Å². The molecule has 6 heteroatoms. The van der Waals surface area contributed by atoms with Gasteiger partial charge in [0.05, 0.1) is 23.5 Å². The summed E-state index contributed by atoms with van der Waals surface area (Å²) >= 11 is 0. The van der Waals surface area contributed by atoms with E-state index in [1.807, 2.05) is 0 Å². The maximum absolute atomic E-state index is 4.98. The van der Waals surface area contributed by atoms with Crippen LogP contribution in [0, 0.1) is 11.8 Å². The van der Waals surface area contributed by atoms with E-state index in [0.717, 1.165) is 46.0 Å². The van der Waals surface area contributed by atoms with E-state index in [2.05, 4.69) is 81.5 Å². The van der Waals surface area contributed by atoms with Crippen LogP contribution in [-0.4, -0.2) is 32.0 Å². The first-order valence-electron chi connectivity index (χ1n) is 14.6. The molecule has 4 aromatic rings. The zero-order valence-electron chi connectivity index (χ0n) is 21.8. The lowest BCUT2D eigenvalue weighted by Gasteiger charge is -2.24. The quantitative estimate of drug-likeness (QED) is 0.249. The van der Waals surface area contributed by atoms with Crippen molar-refractivity contribution in [1.29, 1.82) is 0 Å². The molecule has 0 spiro atoms. The van der Waals surface area contributed by atoms with Crippen LogP contribution in [-0.2, 0) is 0 Å². The summed E-state index contributed by atoms with van der Waals surface area (Å²) in [4.78, 5) is 16.8. The molecular weight excluding hydrogens is 468 g/mol. The molecule has 2 aliphatic heterocycles. The van der Waals surface area contributed by atoms with Gasteiger partial charge in [-0.3, -0.25) is 0 Å². The average molecular weight is 505 g/mol. The lowest BCUT2D eigenvalue weighted by Crippen LogP contribution is -2.30. The molecule has 194 valence electrons. The average Bonchev–Trinajstić information content (AvgIpc) is 3.80. The lowest BCUT2D eigenvalue weighted by molar-refractivity contribution is 0.325. The first kappa shape index (κ1) is 22.7. The summed E-state index contributed by atoms with van der Waals surface area (Å²) in [5.41, 5.74) is 6.79. The molecule has 0 amide bonds. The van der Waals surface area contributed by atoms with Gasteiger partial charge in [-0.2, -0.15) is 0 Å². The molecular formula is C32H36N6. The Kier molecular flexibility index (Phi) is 5.51. The van der Waals surface area contributed by atoms with Gasteiger partial charge < -0.3 is 20.6 Å². The highest BCUT2D eigenvalue weighted by molar-refractivity contribution is 5.71. The number of H-pyrrole nitrogens is 2. The summed E-state index contributed by atoms with van der Waals surface area (Å²) in [5.74, 6) is 3.74. The second-order valence-corrected chi connectivity index (χ2v) is 12.0. The van der Waals surface area contributed by atoms with Crippen molar-refractivity contribution in [3.63, 3.8) is 0 Å². The number of aromatic nitrogens is 4. The molecule has 4 aliphatic rings. The van der Waals surface area contributed by atoms with Crippen LogP contribution < -0.4 is 10.6 Å². The Balaban J connectivity index is 0.950. The predicted molar refractivity (Wildman–Crippen MR) is 150 cm³/mol. The van der Waals surface area contributed by atoms with E-state index in [4.69, 9.17) is 9.97 Å². The van der Waals surface area contributed by atoms with E-state index < -0.39 is 0 Å². The van der Waals surface area contributed by atoms with Crippen molar-refractivity contribution in [1.82, 2.24) is 30.6 Å². The SMILES string of the molecule is c1cc(-c2c[nH]c([C@@H]3CC4CCCCC4N3)n2)ccc1-c1ccc(-c2c[nH]c([C@H]3NC4CCC3C4)n2)cc1. The fourth-order valence-corrected chi connectivity index (χ4v) is 7.67. The van der Waals surface area contributed by atoms with Crippen molar-refractivity contribution in [3.8, 4) is 33.6 Å². The van der Waals surface area contributed by atoms with Gasteiger partial charge in [-0.05, 0) is 61.5 Å². The third kappa shape index (κ3) is 4.02. The molecule has 4 N–H and O–H groups in total. The fourth-order valence-electron chi connectivity index (χ4n) is 7.67. The number of imidazole rings is 2. The van der Waals surface area contributed by atoms with Crippen LogP contribution in [0.5, 0.6) is 0 Å². The van der Waals surface area contributed by atoms with Crippen LogP contribution in [0.4, 0.5) is 0 Å². The molecule has 38 heavy (non-hydrogen) atoms. The highest BCUT2D eigenvalue weighted by Gasteiger charge is 2.41. The molecule has 2 saturated carbocycles. The maximum atomic E-state index is 4.98. The number of aromatic amines is 2. The van der Waals surface area contributed by atoms with Crippen LogP contribution in [0.2, 0.25) is 0 Å². The van der Waals surface area contributed by atoms with Crippen LogP contribution in [0.1, 0.15) is 75.1 Å². The Hall–Kier alpha value is -3.22. The Labute approximate surface area is 224 Å². The van der Waals surface area contributed by atoms with Gasteiger partial charge in [-0.15, -0.1) is 0 Å². The van der Waals surface area contributed by atoms with Gasteiger partial charge in [0.2, 0.25) is 0 Å². The van der Waals surface area contributed by atoms with Crippen molar-refractivity contribution in [2.24, 2.45) is 11.8 Å². The van der Waals surface area contributed by atoms with Crippen molar-refractivity contribution < 1.29 is 0 Å². The van der Waals surface area contributed by atoms with Gasteiger partial charge >= 0.3 is 0 Å². The smallest absolute Gasteiger partial charge is 0.124 e. The van der Waals surface area contributed by atoms with Crippen molar-refractivity contribution in [3.05, 3.63) is 72.6 Å². The largest absolute Gasteiger partial charge is 0.347 e. The molecule has 4 heterocycles. The van der Waals surface area contributed by atoms with Gasteiger partial charge in [0, 0.05) is 35.6 Å². The minimum Gasteiger partial charge on any atom is -0.347 e. The molecule has 2 saturated heterocycles. The molecule has 4 fully saturated rings. The number of benzene rings is 2. The molecule has 0 radical (unpaired) electrons. The van der Waals surface area contributed by atoms with E-state index in [-0.39, 0.29) is 0 Å². The monoisotopic (exact) mass is 504 g/mol. The number of hydrogen-bond donors (Lipinski definition) is 4. The highest BCUT2D eigenvalue weighted by Crippen LogP contribution is 2.42. The van der Waals surface area contributed by atoms with Crippen LogP contribution in [0.3, 0.4) is 0 Å². The topological polar surface area (TPSA) is 81.4 Å². The number of rotatable bonds is 5. The van der Waals surface area contributed by atoms with E-state index in [9.17, 15) is 0 Å². The number of fused-ring (bicyclic) bond motifs is 3. The van der Waals surface area contributed by atoms with Crippen LogP contribution in [0.25, 0.3) is 33.6 Å². The molecule has 4 unspecified atom stereocenters. The first-order chi connectivity index (χ1) is 18.8. The minimum atomic E-state index is 0.366. The third-order valence-electron chi connectivity index (χ3n) is 9.74. The van der Waals surface area contributed by atoms with E-state index >= 15 is 0 Å². The standard InChI is InChI=1S/C32H36N6/c1-2-4-26-23(3-1)16-27(36-26)31-33-17-28(37-31)21-9-5-19(6-10-21)20-7-11-22(12-8-20)29-18-34-32(38-29)30-24-13-14-25(15-24)35-30/h5-12,17-18,23-27,30,35-36H,1-4,13-16H2,(H,33,37)(H,34,38)/t23?,24?,25?,26?,27-,30-/m0/s1. The molecule has 6 atom stereocenters. The highest BCUT2D eigenvalue weighted by atomic mass is 15.1. The van der Waals surface area contributed by atoms with Crippen molar-refractivity contribution in [2.75, 3.05) is 0 Å². The molecule has 2 aliphatic carbocycles. The molecule has 6 nitrogen and oxygen atoms in total. The van der Waals surface area contributed by atoms with Gasteiger partial charge in [-0.25, -0.2) is 9.97 Å². The second kappa shape index (κ2) is 9.21. The fraction of sp³-hybridized carbons (Fsp3) is 0.438. The van der Waals surface area contributed by atoms with Crippen molar-refractivity contribution >= 4 is 0 Å². The summed E-state index contributed by atoms with van der Waals surface area (Å²) < 4.78 is 0. The summed E-state index contributed by atoms with van der Waals surface area (Å²) in [6.07, 6.45) is 14.7. The Morgan fingerprint density at radius 1 is 0.579 bits per heavy atom. The Morgan fingerprint density at radius 2 is 1.21 bits per heavy atom. The molecule has 2 aromatic heterocycles. The summed E-state index contributed by atoms with van der Waals surface area (Å²) in [6.45, 7) is 0. The Bertz CT molecular complexity index is 1400. The van der Waals surface area contributed by atoms with E-state index in [1.54, 1.807) is 0 Å². The number of hydrogen-bond acceptors (Lipinski definition) is 4. The summed E-state index contributed by atoms with van der Waals surface area (Å²) in [6, 6.07) is 19.7. The van der Waals surface area contributed by atoms with E-state index in [1.165, 1.54) is 62.5 Å². The minimum absolute atomic E-state index is 0.366. The summed E-state index contributed by atoms with van der Waals surface area (Å²) in [5, 5.41) is 7.58. The zero-order valence-corrected chi connectivity index (χ0v) is 21.8. The second-order valence-electron chi connectivity index (χ2n) is 12.0. The molecule has 8 rings (SSSR count). The number of nitrogens with zero attached hydrogens (tertiary/aromatic N) is 2. The van der Waals surface area contributed by atoms with Gasteiger partial charge in [-0.1, -0.05) is 61.4 Å². The Morgan fingerprint density at radius 3 is 1.84 bits per heavy atom. The normalized spacial score (nSPS) is 30.1. The molecule has 2 aromatic carbocycles. The van der Waals surface area contributed by atoms with Gasteiger partial charge in [0.15, 0.2) is 0 Å². The van der Waals surface area contributed by atoms with Crippen LogP contribution in [0.15, 0.2) is 60.9 Å². The number of piperidine rings is 1. The van der Waals surface area contributed by atoms with E-state index in [0.29, 0.717) is 24.2 Å². The first-order valence-corrected chi connectivity index (χ1v) is 14.6.